The quantitative estimate of drug-likeness (QED) is 0.773. The molecule has 0 saturated heterocycles. The summed E-state index contributed by atoms with van der Waals surface area (Å²) in [7, 11) is 0. The van der Waals surface area contributed by atoms with Crippen molar-refractivity contribution in [3.05, 3.63) is 48.3 Å². The van der Waals surface area contributed by atoms with Gasteiger partial charge in [0.25, 0.3) is 0 Å². The summed E-state index contributed by atoms with van der Waals surface area (Å²) in [6.07, 6.45) is 2.09. The molecule has 100 valence electrons. The molecule has 0 N–H and O–H groups in total. The molecular formula is C14H11N3O3. The maximum absolute atomic E-state index is 12.3. The minimum absolute atomic E-state index is 0.275. The number of esters is 1. The molecule has 3 rings (SSSR count). The number of carbonyl (C=O) groups excluding carboxylic acids is 2. The molecule has 0 saturated carbocycles. The molecule has 0 fully saturated rings. The number of rotatable bonds is 2. The zero-order chi connectivity index (χ0) is 14.1. The topological polar surface area (TPSA) is 72.4 Å². The van der Waals surface area contributed by atoms with Gasteiger partial charge in [-0.15, -0.1) is 0 Å². The van der Waals surface area contributed by atoms with Gasteiger partial charge in [-0.3, -0.25) is 14.5 Å². The summed E-state index contributed by atoms with van der Waals surface area (Å²) in [6, 6.07) is 8.70. The molecule has 2 aromatic rings. The van der Waals surface area contributed by atoms with Gasteiger partial charge in [0, 0.05) is 24.9 Å². The van der Waals surface area contributed by atoms with E-state index in [0.29, 0.717) is 17.2 Å². The first-order chi connectivity index (χ1) is 9.68. The van der Waals surface area contributed by atoms with E-state index in [1.54, 1.807) is 42.7 Å². The van der Waals surface area contributed by atoms with Crippen molar-refractivity contribution in [3.8, 4) is 0 Å². The molecule has 0 amide bonds. The van der Waals surface area contributed by atoms with Crippen LogP contribution in [0, 0.1) is 0 Å². The van der Waals surface area contributed by atoms with Gasteiger partial charge in [0.2, 0.25) is 18.0 Å². The van der Waals surface area contributed by atoms with Crippen LogP contribution in [0.3, 0.4) is 0 Å². The minimum Gasteiger partial charge on any atom is -0.433 e. The van der Waals surface area contributed by atoms with Crippen LogP contribution >= 0.6 is 0 Å². The smallest absolute Gasteiger partial charge is 0.304 e. The maximum atomic E-state index is 12.3. The molecule has 0 radical (unpaired) electrons. The van der Waals surface area contributed by atoms with Gasteiger partial charge in [-0.1, -0.05) is 12.1 Å². The summed E-state index contributed by atoms with van der Waals surface area (Å²) in [4.78, 5) is 33.3. The summed E-state index contributed by atoms with van der Waals surface area (Å²) in [6.45, 7) is 1.26. The molecule has 1 unspecified atom stereocenters. The Morgan fingerprint density at radius 1 is 1.20 bits per heavy atom. The first-order valence-corrected chi connectivity index (χ1v) is 6.05. The van der Waals surface area contributed by atoms with Crippen LogP contribution < -0.4 is 4.90 Å². The lowest BCUT2D eigenvalue weighted by molar-refractivity contribution is -0.143. The lowest BCUT2D eigenvalue weighted by Gasteiger charge is -2.23. The van der Waals surface area contributed by atoms with Crippen LogP contribution in [0.2, 0.25) is 0 Å². The van der Waals surface area contributed by atoms with Crippen LogP contribution in [-0.4, -0.2) is 27.9 Å². The van der Waals surface area contributed by atoms with Crippen molar-refractivity contribution in [2.75, 3.05) is 4.90 Å². The van der Waals surface area contributed by atoms with Gasteiger partial charge in [0.05, 0.1) is 5.69 Å². The third-order valence-electron chi connectivity index (χ3n) is 2.93. The SMILES string of the molecule is CC(=O)OC1C(=O)c2ccccc2N1c1ncccn1. The Morgan fingerprint density at radius 2 is 1.90 bits per heavy atom. The second-order valence-electron chi connectivity index (χ2n) is 4.26. The number of Topliss-reactive ketones (excluding diaryl/α,β-unsaturated/α-hetero) is 1. The van der Waals surface area contributed by atoms with Crippen molar-refractivity contribution in [1.29, 1.82) is 0 Å². The van der Waals surface area contributed by atoms with E-state index in [4.69, 9.17) is 4.74 Å². The predicted molar refractivity (Wildman–Crippen MR) is 70.5 cm³/mol. The molecule has 1 aliphatic rings. The fourth-order valence-electron chi connectivity index (χ4n) is 2.16. The zero-order valence-electron chi connectivity index (χ0n) is 10.7. The molecule has 2 heterocycles. The highest BCUT2D eigenvalue weighted by Gasteiger charge is 2.41. The molecule has 1 atom stereocenters. The van der Waals surface area contributed by atoms with Crippen LogP contribution in [0.4, 0.5) is 11.6 Å². The molecule has 0 spiro atoms. The molecule has 6 nitrogen and oxygen atoms in total. The van der Waals surface area contributed by atoms with Crippen LogP contribution in [0.1, 0.15) is 17.3 Å². The van der Waals surface area contributed by atoms with Crippen molar-refractivity contribution < 1.29 is 14.3 Å². The van der Waals surface area contributed by atoms with E-state index in [2.05, 4.69) is 9.97 Å². The monoisotopic (exact) mass is 269 g/mol. The largest absolute Gasteiger partial charge is 0.433 e. The Labute approximate surface area is 115 Å². The summed E-state index contributed by atoms with van der Waals surface area (Å²) in [5.41, 5.74) is 1.13. The molecule has 0 bridgehead atoms. The third kappa shape index (κ3) is 1.91. The van der Waals surface area contributed by atoms with Crippen molar-refractivity contribution in [3.63, 3.8) is 0 Å². The predicted octanol–water partition coefficient (Wildman–Crippen LogP) is 1.70. The molecule has 20 heavy (non-hydrogen) atoms. The first kappa shape index (κ1) is 12.3. The Bertz CT molecular complexity index is 672. The fraction of sp³-hybridized carbons (Fsp3) is 0.143. The summed E-state index contributed by atoms with van der Waals surface area (Å²) < 4.78 is 5.13. The first-order valence-electron chi connectivity index (χ1n) is 6.05. The van der Waals surface area contributed by atoms with Crippen molar-refractivity contribution in [1.82, 2.24) is 9.97 Å². The number of hydrogen-bond acceptors (Lipinski definition) is 6. The van der Waals surface area contributed by atoms with Gasteiger partial charge in [0.1, 0.15) is 0 Å². The Morgan fingerprint density at radius 3 is 2.60 bits per heavy atom. The third-order valence-corrected chi connectivity index (χ3v) is 2.93. The van der Waals surface area contributed by atoms with Gasteiger partial charge in [-0.2, -0.15) is 0 Å². The second-order valence-corrected chi connectivity index (χ2v) is 4.26. The number of nitrogens with zero attached hydrogens (tertiary/aromatic N) is 3. The lowest BCUT2D eigenvalue weighted by atomic mass is 10.1. The standard InChI is InChI=1S/C14H11N3O3/c1-9(18)20-13-12(19)10-5-2-3-6-11(10)17(13)14-15-7-4-8-16-14/h2-8,13H,1H3. The highest BCUT2D eigenvalue weighted by Crippen LogP contribution is 2.36. The lowest BCUT2D eigenvalue weighted by Crippen LogP contribution is -2.36. The van der Waals surface area contributed by atoms with E-state index in [9.17, 15) is 9.59 Å². The van der Waals surface area contributed by atoms with Crippen LogP contribution in [-0.2, 0) is 9.53 Å². The van der Waals surface area contributed by atoms with E-state index in [0.717, 1.165) is 0 Å². The number of benzene rings is 1. The zero-order valence-corrected chi connectivity index (χ0v) is 10.7. The summed E-state index contributed by atoms with van der Waals surface area (Å²) in [5, 5.41) is 0. The Hall–Kier alpha value is -2.76. The normalized spacial score (nSPS) is 16.9. The van der Waals surface area contributed by atoms with Crippen molar-refractivity contribution in [2.45, 2.75) is 13.2 Å². The Balaban J connectivity index is 2.12. The second kappa shape index (κ2) is 4.73. The fourth-order valence-corrected chi connectivity index (χ4v) is 2.16. The summed E-state index contributed by atoms with van der Waals surface area (Å²) >= 11 is 0. The van der Waals surface area contributed by atoms with Crippen molar-refractivity contribution in [2.24, 2.45) is 0 Å². The van der Waals surface area contributed by atoms with Crippen LogP contribution in [0.25, 0.3) is 0 Å². The molecule has 1 aliphatic heterocycles. The molecule has 1 aromatic heterocycles. The highest BCUT2D eigenvalue weighted by molar-refractivity contribution is 6.12. The van der Waals surface area contributed by atoms with Crippen LogP contribution in [0.15, 0.2) is 42.7 Å². The molecule has 6 heteroatoms. The average Bonchev–Trinajstić information content (AvgIpc) is 2.73. The number of ether oxygens (including phenoxy) is 1. The molecular weight excluding hydrogens is 258 g/mol. The van der Waals surface area contributed by atoms with Gasteiger partial charge in [0.15, 0.2) is 0 Å². The van der Waals surface area contributed by atoms with E-state index < -0.39 is 12.2 Å². The van der Waals surface area contributed by atoms with Gasteiger partial charge < -0.3 is 4.74 Å². The van der Waals surface area contributed by atoms with Gasteiger partial charge >= 0.3 is 5.97 Å². The highest BCUT2D eigenvalue weighted by atomic mass is 16.6. The van der Waals surface area contributed by atoms with E-state index in [1.807, 2.05) is 0 Å². The molecule has 0 aliphatic carbocycles. The molecule has 1 aromatic carbocycles. The number of anilines is 2. The number of fused-ring (bicyclic) bond motifs is 1. The number of hydrogen-bond donors (Lipinski definition) is 0. The maximum Gasteiger partial charge on any atom is 0.304 e. The minimum atomic E-state index is -1.05. The van der Waals surface area contributed by atoms with Crippen molar-refractivity contribution >= 4 is 23.4 Å². The summed E-state index contributed by atoms with van der Waals surface area (Å²) in [5.74, 6) is -0.489. The Kier molecular flexibility index (Phi) is 2.90. The van der Waals surface area contributed by atoms with Gasteiger partial charge in [-0.05, 0) is 18.2 Å². The van der Waals surface area contributed by atoms with E-state index in [1.165, 1.54) is 11.8 Å². The van der Waals surface area contributed by atoms with Gasteiger partial charge in [-0.25, -0.2) is 9.97 Å². The van der Waals surface area contributed by atoms with Crippen LogP contribution in [0.5, 0.6) is 0 Å². The van der Waals surface area contributed by atoms with E-state index >= 15 is 0 Å². The number of aromatic nitrogens is 2. The number of carbonyl (C=O) groups is 2. The number of para-hydroxylation sites is 1. The van der Waals surface area contributed by atoms with E-state index in [-0.39, 0.29) is 5.78 Å². The number of ketones is 1. The average molecular weight is 269 g/mol.